The fraction of sp³-hybridized carbons (Fsp3) is 0.538. The monoisotopic (exact) mass is 381 g/mol. The second-order valence-electron chi connectivity index (χ2n) is 5.59. The lowest BCUT2D eigenvalue weighted by Crippen LogP contribution is -2.32. The van der Waals surface area contributed by atoms with E-state index in [1.807, 2.05) is 0 Å². The summed E-state index contributed by atoms with van der Waals surface area (Å²) < 4.78 is 53.2. The Morgan fingerprint density at radius 3 is 2.57 bits per heavy atom. The summed E-state index contributed by atoms with van der Waals surface area (Å²) in [7, 11) is -4.05. The Labute approximate surface area is 129 Å². The molecule has 1 aliphatic carbocycles. The van der Waals surface area contributed by atoms with Gasteiger partial charge in [-0.3, -0.25) is 0 Å². The lowest BCUT2D eigenvalue weighted by molar-refractivity contribution is 0.129. The zero-order valence-corrected chi connectivity index (χ0v) is 13.4. The van der Waals surface area contributed by atoms with Gasteiger partial charge in [-0.15, -0.1) is 0 Å². The molecule has 8 heteroatoms. The van der Waals surface area contributed by atoms with Crippen LogP contribution in [0.25, 0.3) is 0 Å². The third-order valence-electron chi connectivity index (χ3n) is 4.35. The van der Waals surface area contributed by atoms with Crippen LogP contribution < -0.4 is 0 Å². The van der Waals surface area contributed by atoms with Crippen LogP contribution in [0.2, 0.25) is 0 Å². The molecular weight excluding hydrogens is 368 g/mol. The highest BCUT2D eigenvalue weighted by atomic mass is 79.9. The molecule has 0 bridgehead atoms. The van der Waals surface area contributed by atoms with Crippen LogP contribution in [0.3, 0.4) is 0 Å². The maximum atomic E-state index is 13.9. The second kappa shape index (κ2) is 5.26. The minimum absolute atomic E-state index is 0.0953. The summed E-state index contributed by atoms with van der Waals surface area (Å²) in [5.74, 6) is -1.94. The van der Waals surface area contributed by atoms with Gasteiger partial charge in [0.1, 0.15) is 16.5 Å². The SMILES string of the molecule is O=S(=O)(c1c(F)cc(F)cc1Br)N1CC2CCC(O)C2C1. The van der Waals surface area contributed by atoms with Crippen LogP contribution in [0.1, 0.15) is 12.8 Å². The number of hydrogen-bond acceptors (Lipinski definition) is 3. The van der Waals surface area contributed by atoms with Crippen LogP contribution in [-0.4, -0.2) is 37.0 Å². The van der Waals surface area contributed by atoms with Crippen molar-refractivity contribution >= 4 is 26.0 Å². The minimum atomic E-state index is -4.05. The van der Waals surface area contributed by atoms with E-state index in [1.54, 1.807) is 0 Å². The number of halogens is 3. The fourth-order valence-corrected chi connectivity index (χ4v) is 5.94. The van der Waals surface area contributed by atoms with Crippen molar-refractivity contribution in [1.29, 1.82) is 0 Å². The van der Waals surface area contributed by atoms with E-state index >= 15 is 0 Å². The molecule has 1 aromatic carbocycles. The number of aliphatic hydroxyl groups is 1. The van der Waals surface area contributed by atoms with Crippen LogP contribution in [0, 0.1) is 23.5 Å². The standard InChI is InChI=1S/C13H14BrF2NO3S/c14-10-3-8(15)4-11(16)13(10)21(19,20)17-5-7-1-2-12(18)9(7)6-17/h3-4,7,9,12,18H,1-2,5-6H2. The average molecular weight is 382 g/mol. The minimum Gasteiger partial charge on any atom is -0.393 e. The summed E-state index contributed by atoms with van der Waals surface area (Å²) in [6.07, 6.45) is 0.944. The van der Waals surface area contributed by atoms with Gasteiger partial charge in [0, 0.05) is 29.5 Å². The summed E-state index contributed by atoms with van der Waals surface area (Å²) in [6.45, 7) is 0.449. The number of rotatable bonds is 2. The number of aliphatic hydroxyl groups excluding tert-OH is 1. The Bertz CT molecular complexity index is 659. The van der Waals surface area contributed by atoms with Crippen LogP contribution >= 0.6 is 15.9 Å². The molecule has 1 N–H and O–H groups in total. The lowest BCUT2D eigenvalue weighted by Gasteiger charge is -2.19. The molecule has 0 amide bonds. The highest BCUT2D eigenvalue weighted by Gasteiger charge is 2.46. The molecule has 2 aliphatic rings. The molecule has 2 fully saturated rings. The van der Waals surface area contributed by atoms with Gasteiger partial charge >= 0.3 is 0 Å². The number of benzene rings is 1. The molecule has 0 radical (unpaired) electrons. The molecule has 1 saturated heterocycles. The van der Waals surface area contributed by atoms with Crippen molar-refractivity contribution in [3.63, 3.8) is 0 Å². The lowest BCUT2D eigenvalue weighted by atomic mass is 10.00. The largest absolute Gasteiger partial charge is 0.393 e. The Morgan fingerprint density at radius 2 is 1.95 bits per heavy atom. The smallest absolute Gasteiger partial charge is 0.247 e. The maximum Gasteiger partial charge on any atom is 0.247 e. The van der Waals surface area contributed by atoms with Crippen molar-refractivity contribution in [2.75, 3.05) is 13.1 Å². The van der Waals surface area contributed by atoms with Gasteiger partial charge in [0.05, 0.1) is 6.10 Å². The van der Waals surface area contributed by atoms with E-state index in [2.05, 4.69) is 15.9 Å². The predicted octanol–water partition coefficient (Wildman–Crippen LogP) is 2.12. The summed E-state index contributed by atoms with van der Waals surface area (Å²) in [5, 5.41) is 9.84. The fourth-order valence-electron chi connectivity index (χ4n) is 3.30. The number of nitrogens with zero attached hydrogens (tertiary/aromatic N) is 1. The van der Waals surface area contributed by atoms with E-state index in [-0.39, 0.29) is 29.4 Å². The molecule has 0 aromatic heterocycles. The molecule has 1 aliphatic heterocycles. The molecular formula is C13H14BrF2NO3S. The quantitative estimate of drug-likeness (QED) is 0.853. The Morgan fingerprint density at radius 1 is 1.24 bits per heavy atom. The molecule has 3 unspecified atom stereocenters. The molecule has 1 heterocycles. The molecule has 0 spiro atoms. The van der Waals surface area contributed by atoms with E-state index < -0.39 is 32.7 Å². The molecule has 4 nitrogen and oxygen atoms in total. The van der Waals surface area contributed by atoms with Gasteiger partial charge in [0.2, 0.25) is 10.0 Å². The Balaban J connectivity index is 1.96. The summed E-state index contributed by atoms with van der Waals surface area (Å²) >= 11 is 2.92. The predicted molar refractivity (Wildman–Crippen MR) is 75.0 cm³/mol. The zero-order chi connectivity index (χ0) is 15.4. The molecule has 1 saturated carbocycles. The first kappa shape index (κ1) is 15.3. The third-order valence-corrected chi connectivity index (χ3v) is 7.14. The molecule has 21 heavy (non-hydrogen) atoms. The van der Waals surface area contributed by atoms with Gasteiger partial charge in [-0.2, -0.15) is 4.31 Å². The third kappa shape index (κ3) is 2.52. The average Bonchev–Trinajstić information content (AvgIpc) is 2.90. The highest BCUT2D eigenvalue weighted by molar-refractivity contribution is 9.10. The van der Waals surface area contributed by atoms with E-state index in [1.165, 1.54) is 4.31 Å². The summed E-state index contributed by atoms with van der Waals surface area (Å²) in [4.78, 5) is -0.543. The topological polar surface area (TPSA) is 57.6 Å². The van der Waals surface area contributed by atoms with E-state index in [0.29, 0.717) is 12.5 Å². The van der Waals surface area contributed by atoms with Gasteiger partial charge in [-0.05, 0) is 40.8 Å². The van der Waals surface area contributed by atoms with Gasteiger partial charge in [-0.25, -0.2) is 17.2 Å². The number of fused-ring (bicyclic) bond motifs is 1. The first-order chi connectivity index (χ1) is 9.80. The molecule has 3 rings (SSSR count). The molecule has 1 aromatic rings. The zero-order valence-electron chi connectivity index (χ0n) is 11.0. The highest BCUT2D eigenvalue weighted by Crippen LogP contribution is 2.41. The maximum absolute atomic E-state index is 13.9. The van der Waals surface area contributed by atoms with E-state index in [9.17, 15) is 22.3 Å². The molecule has 3 atom stereocenters. The van der Waals surface area contributed by atoms with Crippen LogP contribution in [0.5, 0.6) is 0 Å². The number of sulfonamides is 1. The van der Waals surface area contributed by atoms with Crippen LogP contribution in [-0.2, 0) is 10.0 Å². The van der Waals surface area contributed by atoms with E-state index in [0.717, 1.165) is 12.5 Å². The normalized spacial score (nSPS) is 29.8. The van der Waals surface area contributed by atoms with Crippen molar-refractivity contribution in [3.05, 3.63) is 28.2 Å². The van der Waals surface area contributed by atoms with Crippen LogP contribution in [0.4, 0.5) is 8.78 Å². The summed E-state index contributed by atoms with van der Waals surface area (Å²) in [5.41, 5.74) is 0. The van der Waals surface area contributed by atoms with Crippen molar-refractivity contribution in [2.45, 2.75) is 23.8 Å². The van der Waals surface area contributed by atoms with Crippen molar-refractivity contribution in [2.24, 2.45) is 11.8 Å². The van der Waals surface area contributed by atoms with Gasteiger partial charge < -0.3 is 5.11 Å². The van der Waals surface area contributed by atoms with Crippen LogP contribution in [0.15, 0.2) is 21.5 Å². The second-order valence-corrected chi connectivity index (χ2v) is 8.32. The Hall–Kier alpha value is -0.570. The number of hydrogen-bond donors (Lipinski definition) is 1. The van der Waals surface area contributed by atoms with E-state index in [4.69, 9.17) is 0 Å². The van der Waals surface area contributed by atoms with Gasteiger partial charge in [0.15, 0.2) is 0 Å². The summed E-state index contributed by atoms with van der Waals surface area (Å²) in [6, 6.07) is 1.49. The molecule has 116 valence electrons. The first-order valence-corrected chi connectivity index (χ1v) is 8.87. The van der Waals surface area contributed by atoms with Crippen molar-refractivity contribution in [3.8, 4) is 0 Å². The van der Waals surface area contributed by atoms with Crippen molar-refractivity contribution in [1.82, 2.24) is 4.31 Å². The van der Waals surface area contributed by atoms with Gasteiger partial charge in [-0.1, -0.05) is 0 Å². The van der Waals surface area contributed by atoms with Crippen molar-refractivity contribution < 1.29 is 22.3 Å². The van der Waals surface area contributed by atoms with Gasteiger partial charge in [0.25, 0.3) is 0 Å². The first-order valence-electron chi connectivity index (χ1n) is 6.63. The Kier molecular flexibility index (Phi) is 3.84.